The van der Waals surface area contributed by atoms with Crippen molar-refractivity contribution in [3.05, 3.63) is 22.0 Å². The van der Waals surface area contributed by atoms with Gasteiger partial charge in [0.05, 0.1) is 10.8 Å². The second-order valence-electron chi connectivity index (χ2n) is 3.77. The number of rotatable bonds is 2. The summed E-state index contributed by atoms with van der Waals surface area (Å²) < 4.78 is 11.5. The van der Waals surface area contributed by atoms with Crippen LogP contribution in [0.15, 0.2) is 22.0 Å². The Hall–Kier alpha value is -0.370. The van der Waals surface area contributed by atoms with E-state index < -0.39 is 10.8 Å². The molecule has 1 heterocycles. The van der Waals surface area contributed by atoms with Gasteiger partial charge in [0.2, 0.25) is 0 Å². The van der Waals surface area contributed by atoms with Crippen molar-refractivity contribution in [2.75, 3.05) is 0 Å². The van der Waals surface area contributed by atoms with E-state index in [4.69, 9.17) is 0 Å². The lowest BCUT2D eigenvalue weighted by molar-refractivity contribution is 0.686. The van der Waals surface area contributed by atoms with Gasteiger partial charge in [-0.05, 0) is 23.5 Å². The molecule has 0 aliphatic carbocycles. The Morgan fingerprint density at radius 2 is 1.75 bits per heavy atom. The second kappa shape index (κ2) is 3.56. The van der Waals surface area contributed by atoms with Gasteiger partial charge < -0.3 is 0 Å². The van der Waals surface area contributed by atoms with Crippen LogP contribution in [-0.4, -0.2) is 4.21 Å². The summed E-state index contributed by atoms with van der Waals surface area (Å²) in [5, 5.41) is 1.88. The van der Waals surface area contributed by atoms with Crippen molar-refractivity contribution < 1.29 is 4.21 Å². The van der Waals surface area contributed by atoms with Crippen LogP contribution in [0.3, 0.4) is 0 Å². The summed E-state index contributed by atoms with van der Waals surface area (Å²) in [7, 11) is -0.842. The Balaban J connectivity index is 2.87. The maximum Gasteiger partial charge on any atom is 0.0740 e. The van der Waals surface area contributed by atoms with Crippen LogP contribution in [0.4, 0.5) is 0 Å². The molecule has 1 atom stereocenters. The molecule has 0 radical (unpaired) electrons. The highest BCUT2D eigenvalue weighted by molar-refractivity contribution is 7.92. The van der Waals surface area contributed by atoms with Crippen LogP contribution in [0.1, 0.15) is 27.7 Å². The van der Waals surface area contributed by atoms with Crippen LogP contribution < -0.4 is 0 Å². The Kier molecular flexibility index (Phi) is 2.89. The standard InChI is InChI=1S/C10H16OS/c1-7(2)9-5-10(8(3)4)12(11)6-9/h5-8H,1-4H3. The zero-order valence-corrected chi connectivity index (χ0v) is 8.94. The van der Waals surface area contributed by atoms with Gasteiger partial charge in [0, 0.05) is 10.3 Å². The molecule has 0 bridgehead atoms. The summed E-state index contributed by atoms with van der Waals surface area (Å²) in [6, 6.07) is 0. The van der Waals surface area contributed by atoms with Gasteiger partial charge >= 0.3 is 0 Å². The lowest BCUT2D eigenvalue weighted by Crippen LogP contribution is -1.95. The van der Waals surface area contributed by atoms with Crippen LogP contribution in [0.5, 0.6) is 0 Å². The summed E-state index contributed by atoms with van der Waals surface area (Å²) in [4.78, 5) is 1.07. The minimum absolute atomic E-state index is 0.401. The van der Waals surface area contributed by atoms with E-state index >= 15 is 0 Å². The summed E-state index contributed by atoms with van der Waals surface area (Å²) in [6.45, 7) is 8.42. The first kappa shape index (κ1) is 9.72. The van der Waals surface area contributed by atoms with E-state index in [1.165, 1.54) is 5.57 Å². The van der Waals surface area contributed by atoms with Crippen molar-refractivity contribution in [2.45, 2.75) is 27.7 Å². The molecule has 1 unspecified atom stereocenters. The van der Waals surface area contributed by atoms with Gasteiger partial charge in [0.15, 0.2) is 0 Å². The zero-order chi connectivity index (χ0) is 9.30. The van der Waals surface area contributed by atoms with Gasteiger partial charge in [-0.15, -0.1) is 0 Å². The van der Waals surface area contributed by atoms with E-state index in [0.29, 0.717) is 11.8 Å². The molecule has 1 rings (SSSR count). The molecule has 0 aromatic heterocycles. The maximum atomic E-state index is 11.5. The Labute approximate surface area is 77.0 Å². The molecule has 0 aromatic carbocycles. The minimum atomic E-state index is -0.842. The predicted octanol–water partition coefficient (Wildman–Crippen LogP) is 2.83. The lowest BCUT2D eigenvalue weighted by atomic mass is 10.0. The molecule has 0 saturated carbocycles. The van der Waals surface area contributed by atoms with Gasteiger partial charge in [0.1, 0.15) is 0 Å². The highest BCUT2D eigenvalue weighted by atomic mass is 32.2. The van der Waals surface area contributed by atoms with Gasteiger partial charge in [-0.1, -0.05) is 27.7 Å². The molecule has 0 saturated heterocycles. The van der Waals surface area contributed by atoms with Gasteiger partial charge in [0.25, 0.3) is 0 Å². The first-order chi connectivity index (χ1) is 5.52. The smallest absolute Gasteiger partial charge is 0.0740 e. The quantitative estimate of drug-likeness (QED) is 0.645. The molecule has 1 aliphatic heterocycles. The number of hydrogen-bond donors (Lipinski definition) is 0. The third-order valence-corrected chi connectivity index (χ3v) is 3.56. The summed E-state index contributed by atoms with van der Waals surface area (Å²) >= 11 is 0. The molecule has 0 N–H and O–H groups in total. The van der Waals surface area contributed by atoms with E-state index in [0.717, 1.165) is 4.91 Å². The molecule has 0 aromatic rings. The van der Waals surface area contributed by atoms with Crippen LogP contribution in [0.2, 0.25) is 0 Å². The molecule has 0 fully saturated rings. The van der Waals surface area contributed by atoms with Crippen molar-refractivity contribution in [1.82, 2.24) is 0 Å². The fourth-order valence-electron chi connectivity index (χ4n) is 1.15. The molecule has 2 heteroatoms. The molecular formula is C10H16OS. The molecule has 1 aliphatic rings. The Morgan fingerprint density at radius 3 is 2.00 bits per heavy atom. The maximum absolute atomic E-state index is 11.5. The van der Waals surface area contributed by atoms with Gasteiger partial charge in [-0.25, -0.2) is 4.21 Å². The van der Waals surface area contributed by atoms with E-state index in [-0.39, 0.29) is 0 Å². The topological polar surface area (TPSA) is 17.1 Å². The van der Waals surface area contributed by atoms with Crippen LogP contribution >= 0.6 is 0 Å². The number of allylic oxidation sites excluding steroid dienone is 3. The van der Waals surface area contributed by atoms with E-state index in [9.17, 15) is 4.21 Å². The Morgan fingerprint density at radius 1 is 1.17 bits per heavy atom. The minimum Gasteiger partial charge on any atom is -0.250 e. The summed E-state index contributed by atoms with van der Waals surface area (Å²) in [5.74, 6) is 0.892. The van der Waals surface area contributed by atoms with E-state index in [1.807, 2.05) is 5.41 Å². The molecule has 68 valence electrons. The van der Waals surface area contributed by atoms with Crippen LogP contribution in [0.25, 0.3) is 0 Å². The monoisotopic (exact) mass is 184 g/mol. The zero-order valence-electron chi connectivity index (χ0n) is 8.13. The normalized spacial score (nSPS) is 23.3. The second-order valence-corrected chi connectivity index (χ2v) is 5.07. The fraction of sp³-hybridized carbons (Fsp3) is 0.600. The first-order valence-electron chi connectivity index (χ1n) is 4.36. The molecule has 0 amide bonds. The SMILES string of the molecule is CC(C)C1=CS(=O)C(C(C)C)=C1. The molecule has 12 heavy (non-hydrogen) atoms. The van der Waals surface area contributed by atoms with Gasteiger partial charge in [-0.2, -0.15) is 0 Å². The summed E-state index contributed by atoms with van der Waals surface area (Å²) in [5.41, 5.74) is 1.22. The molecule has 1 nitrogen and oxygen atoms in total. The average molecular weight is 184 g/mol. The summed E-state index contributed by atoms with van der Waals surface area (Å²) in [6.07, 6.45) is 2.09. The fourth-order valence-corrected chi connectivity index (χ4v) is 2.59. The van der Waals surface area contributed by atoms with Crippen molar-refractivity contribution in [3.63, 3.8) is 0 Å². The highest BCUT2D eigenvalue weighted by Crippen LogP contribution is 2.28. The third kappa shape index (κ3) is 1.86. The van der Waals surface area contributed by atoms with Crippen molar-refractivity contribution in [2.24, 2.45) is 11.8 Å². The third-order valence-electron chi connectivity index (χ3n) is 2.02. The lowest BCUT2D eigenvalue weighted by Gasteiger charge is -2.03. The average Bonchev–Trinajstić information content (AvgIpc) is 2.30. The molecular weight excluding hydrogens is 168 g/mol. The van der Waals surface area contributed by atoms with E-state index in [2.05, 4.69) is 33.8 Å². The largest absolute Gasteiger partial charge is 0.250 e. The van der Waals surface area contributed by atoms with Crippen LogP contribution in [0, 0.1) is 11.8 Å². The van der Waals surface area contributed by atoms with E-state index in [1.54, 1.807) is 0 Å². The van der Waals surface area contributed by atoms with Gasteiger partial charge in [-0.3, -0.25) is 0 Å². The number of hydrogen-bond acceptors (Lipinski definition) is 1. The highest BCUT2D eigenvalue weighted by Gasteiger charge is 2.18. The predicted molar refractivity (Wildman–Crippen MR) is 54.0 cm³/mol. The Bertz CT molecular complexity index is 250. The first-order valence-corrected chi connectivity index (χ1v) is 5.57. The van der Waals surface area contributed by atoms with Crippen molar-refractivity contribution in [1.29, 1.82) is 0 Å². The van der Waals surface area contributed by atoms with Crippen molar-refractivity contribution >= 4 is 10.8 Å². The van der Waals surface area contributed by atoms with Crippen LogP contribution in [-0.2, 0) is 10.8 Å². The molecule has 0 spiro atoms. The van der Waals surface area contributed by atoms with Crippen molar-refractivity contribution in [3.8, 4) is 0 Å².